The lowest BCUT2D eigenvalue weighted by molar-refractivity contribution is -0.123. The van der Waals surface area contributed by atoms with Crippen molar-refractivity contribution in [2.24, 2.45) is 11.8 Å². The molecule has 114 valence electrons. The largest absolute Gasteiger partial charge is 0.349 e. The van der Waals surface area contributed by atoms with Gasteiger partial charge in [-0.15, -0.1) is 0 Å². The van der Waals surface area contributed by atoms with E-state index in [0.717, 1.165) is 19.3 Å². The highest BCUT2D eigenvalue weighted by molar-refractivity contribution is 5.81. The minimum atomic E-state index is 0.0988. The summed E-state index contributed by atoms with van der Waals surface area (Å²) in [5.74, 6) is 0.989. The van der Waals surface area contributed by atoms with Gasteiger partial charge in [0.2, 0.25) is 5.91 Å². The van der Waals surface area contributed by atoms with E-state index in [4.69, 9.17) is 0 Å². The number of amides is 1. The lowest BCUT2D eigenvalue weighted by Gasteiger charge is -2.19. The van der Waals surface area contributed by atoms with Crippen LogP contribution in [0.3, 0.4) is 0 Å². The van der Waals surface area contributed by atoms with Crippen molar-refractivity contribution in [1.29, 1.82) is 0 Å². The molecule has 22 heavy (non-hydrogen) atoms. The van der Waals surface area contributed by atoms with E-state index in [1.807, 2.05) is 24.3 Å². The first-order valence-corrected chi connectivity index (χ1v) is 8.13. The zero-order valence-corrected chi connectivity index (χ0v) is 13.0. The molecule has 0 spiro atoms. The van der Waals surface area contributed by atoms with Gasteiger partial charge < -0.3 is 5.32 Å². The highest BCUT2D eigenvalue weighted by atomic mass is 16.2. The Morgan fingerprint density at radius 3 is 2.27 bits per heavy atom. The molecule has 1 fully saturated rings. The molecule has 3 atom stereocenters. The molecule has 1 saturated carbocycles. The van der Waals surface area contributed by atoms with Crippen LogP contribution in [-0.2, 0) is 11.2 Å². The van der Waals surface area contributed by atoms with Crippen molar-refractivity contribution in [3.63, 3.8) is 0 Å². The molecule has 1 aliphatic carbocycles. The van der Waals surface area contributed by atoms with Crippen LogP contribution in [0.1, 0.15) is 36.9 Å². The molecule has 1 amide bonds. The van der Waals surface area contributed by atoms with Crippen LogP contribution in [0.2, 0.25) is 0 Å². The minimum Gasteiger partial charge on any atom is -0.349 e. The highest BCUT2D eigenvalue weighted by Crippen LogP contribution is 2.38. The molecule has 2 nitrogen and oxygen atoms in total. The van der Waals surface area contributed by atoms with Gasteiger partial charge in [-0.25, -0.2) is 0 Å². The van der Waals surface area contributed by atoms with Gasteiger partial charge in [-0.3, -0.25) is 4.79 Å². The number of hydrogen-bond acceptors (Lipinski definition) is 1. The van der Waals surface area contributed by atoms with E-state index in [9.17, 15) is 4.79 Å². The van der Waals surface area contributed by atoms with Crippen molar-refractivity contribution in [3.05, 3.63) is 71.8 Å². The van der Waals surface area contributed by atoms with E-state index < -0.39 is 0 Å². The molecule has 0 saturated heterocycles. The topological polar surface area (TPSA) is 29.1 Å². The summed E-state index contributed by atoms with van der Waals surface area (Å²) < 4.78 is 0. The number of carbonyl (C=O) groups excluding carboxylic acids is 1. The molecular formula is C20H23NO. The summed E-state index contributed by atoms with van der Waals surface area (Å²) in [5.41, 5.74) is 2.51. The minimum absolute atomic E-state index is 0.0988. The molecule has 0 bridgehead atoms. The van der Waals surface area contributed by atoms with Crippen molar-refractivity contribution in [2.45, 2.75) is 32.2 Å². The Hall–Kier alpha value is -2.09. The van der Waals surface area contributed by atoms with Crippen LogP contribution >= 0.6 is 0 Å². The first-order valence-electron chi connectivity index (χ1n) is 8.13. The Morgan fingerprint density at radius 2 is 1.68 bits per heavy atom. The molecule has 2 aromatic rings. The monoisotopic (exact) mass is 293 g/mol. The molecule has 1 N–H and O–H groups in total. The van der Waals surface area contributed by atoms with Crippen LogP contribution < -0.4 is 5.32 Å². The molecule has 0 heterocycles. The molecule has 0 radical (unpaired) electrons. The van der Waals surface area contributed by atoms with Crippen LogP contribution in [-0.4, -0.2) is 5.91 Å². The van der Waals surface area contributed by atoms with E-state index in [0.29, 0.717) is 5.92 Å². The number of benzene rings is 2. The second-order valence-electron chi connectivity index (χ2n) is 6.32. The van der Waals surface area contributed by atoms with E-state index in [1.54, 1.807) is 0 Å². The molecule has 0 unspecified atom stereocenters. The van der Waals surface area contributed by atoms with Crippen molar-refractivity contribution in [1.82, 2.24) is 5.32 Å². The Balaban J connectivity index is 1.67. The average molecular weight is 293 g/mol. The van der Waals surface area contributed by atoms with Crippen LogP contribution in [0.15, 0.2) is 60.7 Å². The summed E-state index contributed by atoms with van der Waals surface area (Å²) in [7, 11) is 0. The second-order valence-corrected chi connectivity index (χ2v) is 6.32. The molecule has 1 aliphatic rings. The summed E-state index contributed by atoms with van der Waals surface area (Å²) in [4.78, 5) is 12.3. The van der Waals surface area contributed by atoms with Gasteiger partial charge in [0, 0.05) is 5.92 Å². The summed E-state index contributed by atoms with van der Waals surface area (Å²) in [5, 5.41) is 3.26. The van der Waals surface area contributed by atoms with Gasteiger partial charge in [0.05, 0.1) is 6.04 Å². The third-order valence-electron chi connectivity index (χ3n) is 4.53. The number of rotatable bonds is 6. The van der Waals surface area contributed by atoms with Crippen molar-refractivity contribution in [3.8, 4) is 0 Å². The van der Waals surface area contributed by atoms with Crippen LogP contribution in [0.25, 0.3) is 0 Å². The quantitative estimate of drug-likeness (QED) is 0.852. The molecule has 0 aromatic heterocycles. The van der Waals surface area contributed by atoms with Crippen LogP contribution in [0, 0.1) is 11.8 Å². The van der Waals surface area contributed by atoms with Gasteiger partial charge in [0.25, 0.3) is 0 Å². The van der Waals surface area contributed by atoms with Crippen molar-refractivity contribution < 1.29 is 4.79 Å². The molecule has 0 aliphatic heterocycles. The summed E-state index contributed by atoms with van der Waals surface area (Å²) in [6.45, 7) is 2.14. The van der Waals surface area contributed by atoms with Gasteiger partial charge in [-0.2, -0.15) is 0 Å². The number of nitrogens with one attached hydrogen (secondary N) is 1. The zero-order valence-electron chi connectivity index (χ0n) is 13.0. The molecule has 2 heteroatoms. The van der Waals surface area contributed by atoms with Crippen LogP contribution in [0.4, 0.5) is 0 Å². The standard InChI is InChI=1S/C20H23NO/c1-15-14-18(15)20(22)21-19(17-10-6-3-7-11-17)13-12-16-8-4-2-5-9-16/h2-11,15,18-19H,12-14H2,1H3,(H,21,22)/t15-,18-,19+/m1/s1. The Morgan fingerprint density at radius 1 is 1.09 bits per heavy atom. The fourth-order valence-electron chi connectivity index (χ4n) is 2.93. The van der Waals surface area contributed by atoms with Crippen molar-refractivity contribution in [2.75, 3.05) is 0 Å². The van der Waals surface area contributed by atoms with E-state index >= 15 is 0 Å². The molecule has 2 aromatic carbocycles. The summed E-state index contributed by atoms with van der Waals surface area (Å²) in [6.07, 6.45) is 2.94. The smallest absolute Gasteiger partial charge is 0.223 e. The van der Waals surface area contributed by atoms with E-state index in [1.165, 1.54) is 11.1 Å². The zero-order chi connectivity index (χ0) is 15.4. The first-order chi connectivity index (χ1) is 10.7. The SMILES string of the molecule is C[C@@H]1C[C@H]1C(=O)N[C@@H](CCc1ccccc1)c1ccccc1. The predicted octanol–water partition coefficient (Wildman–Crippen LogP) is 4.13. The number of hydrogen-bond donors (Lipinski definition) is 1. The highest BCUT2D eigenvalue weighted by Gasteiger charge is 2.39. The number of aryl methyl sites for hydroxylation is 1. The lowest BCUT2D eigenvalue weighted by Crippen LogP contribution is -2.30. The normalized spacial score (nSPS) is 21.1. The van der Waals surface area contributed by atoms with Gasteiger partial charge in [-0.05, 0) is 36.3 Å². The van der Waals surface area contributed by atoms with Gasteiger partial charge in [0.1, 0.15) is 0 Å². The summed E-state index contributed by atoms with van der Waals surface area (Å²) >= 11 is 0. The lowest BCUT2D eigenvalue weighted by atomic mass is 9.98. The van der Waals surface area contributed by atoms with Gasteiger partial charge in [-0.1, -0.05) is 67.6 Å². The third-order valence-corrected chi connectivity index (χ3v) is 4.53. The third kappa shape index (κ3) is 3.76. The Kier molecular flexibility index (Phi) is 4.57. The van der Waals surface area contributed by atoms with Gasteiger partial charge >= 0.3 is 0 Å². The van der Waals surface area contributed by atoms with Crippen LogP contribution in [0.5, 0.6) is 0 Å². The predicted molar refractivity (Wildman–Crippen MR) is 89.4 cm³/mol. The first kappa shape index (κ1) is 14.8. The van der Waals surface area contributed by atoms with E-state index in [2.05, 4.69) is 48.6 Å². The Labute approximate surface area is 132 Å². The molecule has 3 rings (SSSR count). The van der Waals surface area contributed by atoms with Crippen molar-refractivity contribution >= 4 is 5.91 Å². The Bertz CT molecular complexity index is 608. The summed E-state index contributed by atoms with van der Waals surface area (Å²) in [6, 6.07) is 20.9. The average Bonchev–Trinajstić information content (AvgIpc) is 3.30. The maximum Gasteiger partial charge on any atom is 0.223 e. The maximum atomic E-state index is 12.3. The number of carbonyl (C=O) groups is 1. The van der Waals surface area contributed by atoms with Gasteiger partial charge in [0.15, 0.2) is 0 Å². The second kappa shape index (κ2) is 6.78. The fourth-order valence-corrected chi connectivity index (χ4v) is 2.93. The molecular weight excluding hydrogens is 270 g/mol. The maximum absolute atomic E-state index is 12.3. The fraction of sp³-hybridized carbons (Fsp3) is 0.350. The van der Waals surface area contributed by atoms with E-state index in [-0.39, 0.29) is 17.9 Å².